The lowest BCUT2D eigenvalue weighted by Crippen LogP contribution is -2.50. The number of halogens is 6. The van der Waals surface area contributed by atoms with Gasteiger partial charge < -0.3 is 5.73 Å². The number of pyridine rings is 1. The number of aromatic nitrogens is 1. The highest BCUT2D eigenvalue weighted by Crippen LogP contribution is 2.35. The van der Waals surface area contributed by atoms with E-state index in [9.17, 15) is 34.8 Å². The van der Waals surface area contributed by atoms with E-state index < -0.39 is 67.7 Å². The Morgan fingerprint density at radius 1 is 1.25 bits per heavy atom. The third-order valence-electron chi connectivity index (χ3n) is 4.82. The topological polar surface area (TPSA) is 88.7 Å². The highest BCUT2D eigenvalue weighted by Gasteiger charge is 2.42. The molecule has 0 bridgehead atoms. The molecule has 0 radical (unpaired) electrons. The van der Waals surface area contributed by atoms with E-state index in [0.29, 0.717) is 22.6 Å². The predicted molar refractivity (Wildman–Crippen MR) is 105 cm³/mol. The summed E-state index contributed by atoms with van der Waals surface area (Å²) in [6, 6.07) is 3.03. The zero-order valence-corrected chi connectivity index (χ0v) is 17.4. The van der Waals surface area contributed by atoms with Crippen molar-refractivity contribution < 1.29 is 34.8 Å². The zero-order valence-electron chi connectivity index (χ0n) is 16.6. The Kier molecular flexibility index (Phi) is 5.74. The first-order valence-corrected chi connectivity index (χ1v) is 10.5. The van der Waals surface area contributed by atoms with E-state index in [0.717, 1.165) is 25.3 Å². The van der Waals surface area contributed by atoms with E-state index in [1.807, 2.05) is 0 Å². The Balaban J connectivity index is 2.06. The summed E-state index contributed by atoms with van der Waals surface area (Å²) in [4.78, 5) is 7.37. The van der Waals surface area contributed by atoms with Gasteiger partial charge >= 0.3 is 6.18 Å². The average molecular weight is 478 g/mol. The third-order valence-corrected chi connectivity index (χ3v) is 6.77. The third kappa shape index (κ3) is 4.42. The quantitative estimate of drug-likeness (QED) is 0.683. The molecule has 0 aliphatic carbocycles. The second-order valence-corrected chi connectivity index (χ2v) is 9.25. The van der Waals surface area contributed by atoms with Crippen LogP contribution >= 0.6 is 0 Å². The number of benzene rings is 1. The minimum atomic E-state index is -4.66. The lowest BCUT2D eigenvalue weighted by Gasteiger charge is -2.34. The van der Waals surface area contributed by atoms with Crippen LogP contribution < -0.4 is 5.73 Å². The number of nitrogens with zero attached hydrogens (tertiary/aromatic N) is 3. The second-order valence-electron chi connectivity index (χ2n) is 7.25. The van der Waals surface area contributed by atoms with Crippen LogP contribution in [0.3, 0.4) is 0 Å². The number of hydrogen-bond donors (Lipinski definition) is 1. The van der Waals surface area contributed by atoms with Crippen molar-refractivity contribution in [3.8, 4) is 0 Å². The molecule has 0 fully saturated rings. The molecule has 1 unspecified atom stereocenters. The molecule has 2 heterocycles. The van der Waals surface area contributed by atoms with Gasteiger partial charge in [-0.25, -0.2) is 30.9 Å². The van der Waals surface area contributed by atoms with Crippen LogP contribution in [0.1, 0.15) is 29.3 Å². The van der Waals surface area contributed by atoms with Gasteiger partial charge in [-0.3, -0.25) is 4.98 Å². The maximum Gasteiger partial charge on any atom is 0.417 e. The van der Waals surface area contributed by atoms with E-state index in [2.05, 4.69) is 9.98 Å². The highest BCUT2D eigenvalue weighted by atomic mass is 32.2. The van der Waals surface area contributed by atoms with E-state index in [4.69, 9.17) is 5.73 Å². The molecule has 2 aromatic rings. The molecule has 32 heavy (non-hydrogen) atoms. The Bertz CT molecular complexity index is 1230. The molecule has 2 N–H and O–H groups in total. The van der Waals surface area contributed by atoms with Crippen LogP contribution in [0, 0.1) is 11.6 Å². The maximum atomic E-state index is 14.6. The van der Waals surface area contributed by atoms with Crippen LogP contribution in [-0.2, 0) is 21.7 Å². The van der Waals surface area contributed by atoms with Crippen molar-refractivity contribution in [1.29, 1.82) is 0 Å². The Morgan fingerprint density at radius 3 is 2.44 bits per heavy atom. The normalized spacial score (nSPS) is 21.4. The largest absolute Gasteiger partial charge is 0.417 e. The van der Waals surface area contributed by atoms with Crippen molar-refractivity contribution >= 4 is 27.9 Å². The van der Waals surface area contributed by atoms with E-state index in [1.165, 1.54) is 6.92 Å². The van der Waals surface area contributed by atoms with Gasteiger partial charge in [0, 0.05) is 18.8 Å². The van der Waals surface area contributed by atoms with Crippen molar-refractivity contribution in [3.05, 3.63) is 64.5 Å². The van der Waals surface area contributed by atoms with Crippen molar-refractivity contribution in [2.45, 2.75) is 18.6 Å². The summed E-state index contributed by atoms with van der Waals surface area (Å²) in [7, 11) is -2.84. The lowest BCUT2D eigenvalue weighted by atomic mass is 9.92. The summed E-state index contributed by atoms with van der Waals surface area (Å²) in [5.74, 6) is -5.11. The van der Waals surface area contributed by atoms with Crippen molar-refractivity contribution in [1.82, 2.24) is 9.29 Å². The van der Waals surface area contributed by atoms with Gasteiger partial charge in [0.05, 0.1) is 17.0 Å². The highest BCUT2D eigenvalue weighted by molar-refractivity contribution is 7.89. The van der Waals surface area contributed by atoms with Crippen molar-refractivity contribution in [2.75, 3.05) is 12.8 Å². The molecule has 0 spiro atoms. The van der Waals surface area contributed by atoms with Crippen LogP contribution in [0.4, 0.5) is 26.3 Å². The number of sulfonamides is 1. The standard InChI is InChI=1S/C19H16F6N4O2S/c1-18(9-32(30,31)29(2)17(26)28-18)12-5-10(7-14(21)16(12)22)6-13(20)15-4-3-11(8-27-15)19(23,24)25/h3-8H,9H2,1-2H3,(H2,26,28). The Labute approximate surface area is 179 Å². The van der Waals surface area contributed by atoms with E-state index >= 15 is 0 Å². The summed E-state index contributed by atoms with van der Waals surface area (Å²) in [5, 5.41) is 0. The first-order valence-electron chi connectivity index (χ1n) is 8.86. The SMILES string of the molecule is CN1C(N)=NC(C)(c2cc(C=C(F)c3ccc(C(F)(F)F)cn3)cc(F)c2F)CS1(=O)=O. The number of guanidine groups is 1. The van der Waals surface area contributed by atoms with Gasteiger partial charge in [-0.05, 0) is 42.8 Å². The zero-order chi connectivity index (χ0) is 24.1. The molecular formula is C19H16F6N4O2S. The van der Waals surface area contributed by atoms with Gasteiger partial charge in [0.1, 0.15) is 11.4 Å². The number of rotatable bonds is 3. The maximum absolute atomic E-state index is 14.6. The number of alkyl halides is 3. The van der Waals surface area contributed by atoms with Gasteiger partial charge in [-0.1, -0.05) is 0 Å². The summed E-state index contributed by atoms with van der Waals surface area (Å²) in [5.41, 5.74) is 1.52. The van der Waals surface area contributed by atoms with Crippen molar-refractivity contribution in [2.24, 2.45) is 10.7 Å². The number of aliphatic imine (C=N–C) groups is 1. The molecule has 0 saturated carbocycles. The summed E-state index contributed by atoms with van der Waals surface area (Å²) < 4.78 is 107. The van der Waals surface area contributed by atoms with Gasteiger partial charge in [-0.15, -0.1) is 0 Å². The fourth-order valence-corrected chi connectivity index (χ4v) is 4.55. The number of nitrogens with two attached hydrogens (primary N) is 1. The molecule has 13 heteroatoms. The molecule has 1 aromatic carbocycles. The fraction of sp³-hybridized carbons (Fsp3) is 0.263. The molecule has 1 aliphatic rings. The van der Waals surface area contributed by atoms with Crippen LogP contribution in [0.25, 0.3) is 11.9 Å². The summed E-state index contributed by atoms with van der Waals surface area (Å²) >= 11 is 0. The fourth-order valence-electron chi connectivity index (χ4n) is 3.10. The number of hydrogen-bond acceptors (Lipinski definition) is 5. The smallest absolute Gasteiger partial charge is 0.369 e. The van der Waals surface area contributed by atoms with Crippen LogP contribution in [0.2, 0.25) is 0 Å². The van der Waals surface area contributed by atoms with Crippen LogP contribution in [-0.4, -0.2) is 36.5 Å². The summed E-state index contributed by atoms with van der Waals surface area (Å²) in [6.45, 7) is 1.23. The van der Waals surface area contributed by atoms with E-state index in [-0.39, 0.29) is 5.56 Å². The van der Waals surface area contributed by atoms with Gasteiger partial charge in [-0.2, -0.15) is 13.2 Å². The van der Waals surface area contributed by atoms with Crippen molar-refractivity contribution in [3.63, 3.8) is 0 Å². The molecule has 0 saturated heterocycles. The predicted octanol–water partition coefficient (Wildman–Crippen LogP) is 3.65. The van der Waals surface area contributed by atoms with E-state index in [1.54, 1.807) is 0 Å². The minimum Gasteiger partial charge on any atom is -0.369 e. The molecule has 172 valence electrons. The molecule has 0 amide bonds. The molecule has 1 aliphatic heterocycles. The van der Waals surface area contributed by atoms with Gasteiger partial charge in [0.15, 0.2) is 11.6 Å². The van der Waals surface area contributed by atoms with Crippen LogP contribution in [0.5, 0.6) is 0 Å². The molecule has 6 nitrogen and oxygen atoms in total. The Morgan fingerprint density at radius 2 is 1.91 bits per heavy atom. The molecule has 3 rings (SSSR count). The first-order chi connectivity index (χ1) is 14.6. The molecular weight excluding hydrogens is 462 g/mol. The average Bonchev–Trinajstić information content (AvgIpc) is 2.67. The van der Waals surface area contributed by atoms with Gasteiger partial charge in [0.2, 0.25) is 16.0 Å². The minimum absolute atomic E-state index is 0.232. The van der Waals surface area contributed by atoms with Crippen LogP contribution in [0.15, 0.2) is 35.5 Å². The molecule has 1 atom stereocenters. The second kappa shape index (κ2) is 7.80. The first kappa shape index (κ1) is 23.6. The Hall–Kier alpha value is -3.09. The monoisotopic (exact) mass is 478 g/mol. The van der Waals surface area contributed by atoms with Gasteiger partial charge in [0.25, 0.3) is 0 Å². The molecule has 1 aromatic heterocycles. The summed E-state index contributed by atoms with van der Waals surface area (Å²) in [6.07, 6.45) is -3.50. The lowest BCUT2D eigenvalue weighted by molar-refractivity contribution is -0.137.